The van der Waals surface area contributed by atoms with Gasteiger partial charge in [-0.2, -0.15) is 0 Å². The average Bonchev–Trinajstić information content (AvgIpc) is 2.85. The largest absolute Gasteiger partial charge is 0.477 e. The molecule has 0 saturated carbocycles. The maximum absolute atomic E-state index is 13.7. The van der Waals surface area contributed by atoms with E-state index in [0.29, 0.717) is 11.1 Å². The summed E-state index contributed by atoms with van der Waals surface area (Å²) in [6, 6.07) is 20.4. The van der Waals surface area contributed by atoms with Crippen molar-refractivity contribution >= 4 is 39.1 Å². The third-order valence-corrected chi connectivity index (χ3v) is 7.13. The number of hydrogen-bond acceptors (Lipinski definition) is 5. The van der Waals surface area contributed by atoms with Gasteiger partial charge >= 0.3 is 0 Å². The number of ether oxygens (including phenoxy) is 1. The fraction of sp³-hybridized carbons (Fsp3) is 0.111. The molecule has 3 aliphatic rings. The first-order valence-electron chi connectivity index (χ1n) is 10.5. The first kappa shape index (κ1) is 20.0. The lowest BCUT2D eigenvalue weighted by molar-refractivity contribution is 0.0227. The zero-order valence-corrected chi connectivity index (χ0v) is 18.7. The second-order valence-corrected chi connectivity index (χ2v) is 9.23. The molecule has 0 saturated heterocycles. The van der Waals surface area contributed by atoms with Crippen LogP contribution in [-0.2, 0) is 4.74 Å². The monoisotopic (exact) mass is 498 g/mol. The van der Waals surface area contributed by atoms with E-state index in [2.05, 4.69) is 15.9 Å². The molecule has 3 unspecified atom stereocenters. The molecule has 0 bridgehead atoms. The Morgan fingerprint density at radius 2 is 1.18 bits per heavy atom. The highest BCUT2D eigenvalue weighted by molar-refractivity contribution is 9.10. The number of halogens is 1. The van der Waals surface area contributed by atoms with Gasteiger partial charge in [-0.1, -0.05) is 76.6 Å². The summed E-state index contributed by atoms with van der Waals surface area (Å²) in [5.41, 5.74) is 1.92. The number of Topliss-reactive ketones (excluding diaryl/α,β-unsaturated/α-hetero) is 4. The van der Waals surface area contributed by atoms with E-state index in [-0.39, 0.29) is 45.4 Å². The Balaban J connectivity index is 1.62. The van der Waals surface area contributed by atoms with Crippen molar-refractivity contribution in [3.63, 3.8) is 0 Å². The van der Waals surface area contributed by atoms with Gasteiger partial charge in [0.1, 0.15) is 0 Å². The van der Waals surface area contributed by atoms with E-state index in [1.54, 1.807) is 60.7 Å². The van der Waals surface area contributed by atoms with Crippen LogP contribution in [-0.4, -0.2) is 29.2 Å². The minimum atomic E-state index is -1.18. The molecule has 6 heteroatoms. The van der Waals surface area contributed by atoms with Gasteiger partial charge in [-0.05, 0) is 17.7 Å². The number of allylic oxidation sites excluding steroid dienone is 2. The summed E-state index contributed by atoms with van der Waals surface area (Å²) in [5, 5.41) is 0. The number of fused-ring (bicyclic) bond motifs is 3. The Labute approximate surface area is 197 Å². The van der Waals surface area contributed by atoms with Crippen LogP contribution in [0.5, 0.6) is 0 Å². The van der Waals surface area contributed by atoms with Crippen LogP contribution < -0.4 is 0 Å². The molecule has 5 nitrogen and oxygen atoms in total. The van der Waals surface area contributed by atoms with Crippen molar-refractivity contribution in [1.82, 2.24) is 0 Å². The van der Waals surface area contributed by atoms with Crippen LogP contribution in [0.4, 0.5) is 0 Å². The third kappa shape index (κ3) is 2.77. The van der Waals surface area contributed by atoms with Gasteiger partial charge in [0.2, 0.25) is 11.6 Å². The first-order chi connectivity index (χ1) is 16.0. The quantitative estimate of drug-likeness (QED) is 0.473. The van der Waals surface area contributed by atoms with Crippen molar-refractivity contribution in [1.29, 1.82) is 0 Å². The highest BCUT2D eigenvalue weighted by Gasteiger charge is 2.55. The molecule has 3 aromatic rings. The van der Waals surface area contributed by atoms with Crippen LogP contribution in [0, 0.1) is 5.92 Å². The van der Waals surface area contributed by atoms with Gasteiger partial charge in [-0.15, -0.1) is 0 Å². The van der Waals surface area contributed by atoms with E-state index in [9.17, 15) is 19.2 Å². The highest BCUT2D eigenvalue weighted by atomic mass is 79.9. The molecule has 0 N–H and O–H groups in total. The normalized spacial score (nSPS) is 23.4. The van der Waals surface area contributed by atoms with Gasteiger partial charge in [0.15, 0.2) is 23.4 Å². The van der Waals surface area contributed by atoms with Crippen molar-refractivity contribution in [3.05, 3.63) is 116 Å². The maximum Gasteiger partial charge on any atom is 0.228 e. The summed E-state index contributed by atoms with van der Waals surface area (Å²) in [4.78, 5) is 54.2. The van der Waals surface area contributed by atoms with Crippen LogP contribution in [0.25, 0.3) is 0 Å². The summed E-state index contributed by atoms with van der Waals surface area (Å²) < 4.78 is 6.81. The van der Waals surface area contributed by atoms with Crippen LogP contribution in [0.3, 0.4) is 0 Å². The van der Waals surface area contributed by atoms with Crippen molar-refractivity contribution in [2.24, 2.45) is 5.92 Å². The lowest BCUT2D eigenvalue weighted by atomic mass is 9.65. The van der Waals surface area contributed by atoms with Crippen molar-refractivity contribution < 1.29 is 23.9 Å². The van der Waals surface area contributed by atoms with E-state index >= 15 is 0 Å². The molecule has 0 fully saturated rings. The fourth-order valence-corrected chi connectivity index (χ4v) is 5.39. The van der Waals surface area contributed by atoms with E-state index in [1.165, 1.54) is 0 Å². The molecule has 1 aliphatic heterocycles. The summed E-state index contributed by atoms with van der Waals surface area (Å²) >= 11 is 3.41. The molecule has 33 heavy (non-hydrogen) atoms. The summed E-state index contributed by atoms with van der Waals surface area (Å²) in [7, 11) is 0. The summed E-state index contributed by atoms with van der Waals surface area (Å²) in [6.45, 7) is 0. The first-order valence-corrected chi connectivity index (χ1v) is 11.3. The SMILES string of the molecule is O=C1C2=C(C(=O)c3ccccc31)C(c1ccc(Br)cc1)C1C(=O)c3ccccc3C(=O)C1O2. The maximum atomic E-state index is 13.7. The van der Waals surface area contributed by atoms with Crippen LogP contribution in [0.1, 0.15) is 52.9 Å². The summed E-state index contributed by atoms with van der Waals surface area (Å²) in [5.74, 6) is -3.30. The van der Waals surface area contributed by atoms with Gasteiger partial charge in [0.25, 0.3) is 0 Å². The number of hydrogen-bond donors (Lipinski definition) is 0. The Hall–Kier alpha value is -3.64. The van der Waals surface area contributed by atoms with Crippen molar-refractivity contribution in [3.8, 4) is 0 Å². The third-order valence-electron chi connectivity index (χ3n) is 6.60. The standard InChI is InChI=1S/C27H15BrO5/c28-14-11-9-13(10-12-14)19-20-22(29)15-5-1-3-7-17(15)24(31)26(20)33-27-21(19)23(30)16-6-2-4-8-18(16)25(27)32/h1-12,19-20,26H. The molecule has 3 aromatic carbocycles. The number of benzene rings is 3. The molecule has 0 radical (unpaired) electrons. The summed E-state index contributed by atoms with van der Waals surface area (Å²) in [6.07, 6.45) is -1.18. The van der Waals surface area contributed by atoms with Crippen LogP contribution in [0.15, 0.2) is 88.6 Å². The number of ketones is 4. The van der Waals surface area contributed by atoms with Crippen LogP contribution in [0.2, 0.25) is 0 Å². The number of carbonyl (C=O) groups is 4. The Bertz CT molecular complexity index is 1430. The zero-order chi connectivity index (χ0) is 22.9. The molecule has 0 amide bonds. The Kier molecular flexibility index (Phi) is 4.35. The van der Waals surface area contributed by atoms with Crippen molar-refractivity contribution in [2.75, 3.05) is 0 Å². The smallest absolute Gasteiger partial charge is 0.228 e. The fourth-order valence-electron chi connectivity index (χ4n) is 5.12. The molecule has 0 spiro atoms. The molecular weight excluding hydrogens is 484 g/mol. The van der Waals surface area contributed by atoms with Crippen LogP contribution >= 0.6 is 15.9 Å². The predicted molar refractivity (Wildman–Crippen MR) is 122 cm³/mol. The molecule has 160 valence electrons. The lowest BCUT2D eigenvalue weighted by Crippen LogP contribution is -2.50. The van der Waals surface area contributed by atoms with Gasteiger partial charge in [-0.3, -0.25) is 19.2 Å². The topological polar surface area (TPSA) is 77.5 Å². The molecule has 2 aliphatic carbocycles. The number of carbonyl (C=O) groups excluding carboxylic acids is 4. The van der Waals surface area contributed by atoms with E-state index < -0.39 is 23.7 Å². The Morgan fingerprint density at radius 3 is 1.82 bits per heavy atom. The second kappa shape index (κ2) is 7.18. The van der Waals surface area contributed by atoms with Crippen molar-refractivity contribution in [2.45, 2.75) is 12.0 Å². The molecule has 6 rings (SSSR count). The van der Waals surface area contributed by atoms with E-state index in [0.717, 1.165) is 4.47 Å². The highest BCUT2D eigenvalue weighted by Crippen LogP contribution is 2.49. The predicted octanol–water partition coefficient (Wildman–Crippen LogP) is 4.96. The second-order valence-electron chi connectivity index (χ2n) is 8.31. The number of rotatable bonds is 1. The average molecular weight is 499 g/mol. The van der Waals surface area contributed by atoms with E-state index in [1.807, 2.05) is 12.1 Å². The van der Waals surface area contributed by atoms with Gasteiger partial charge in [0, 0.05) is 32.6 Å². The van der Waals surface area contributed by atoms with Gasteiger partial charge < -0.3 is 4.74 Å². The molecule has 3 atom stereocenters. The zero-order valence-electron chi connectivity index (χ0n) is 17.1. The van der Waals surface area contributed by atoms with Gasteiger partial charge in [-0.25, -0.2) is 0 Å². The lowest BCUT2D eigenvalue weighted by Gasteiger charge is -2.42. The molecular formula is C27H15BrO5. The Morgan fingerprint density at radius 1 is 0.636 bits per heavy atom. The minimum Gasteiger partial charge on any atom is -0.477 e. The minimum absolute atomic E-state index is 0.131. The van der Waals surface area contributed by atoms with Gasteiger partial charge in [0.05, 0.1) is 11.5 Å². The molecule has 0 aromatic heterocycles. The molecule has 1 heterocycles. The van der Waals surface area contributed by atoms with E-state index in [4.69, 9.17) is 4.74 Å².